The molecule has 2 fully saturated rings. The molecule has 140 valence electrons. The molecule has 0 radical (unpaired) electrons. The molecule has 0 unspecified atom stereocenters. The second-order valence-corrected chi connectivity index (χ2v) is 8.02. The second-order valence-electron chi connectivity index (χ2n) is 8.02. The third-order valence-electron chi connectivity index (χ3n) is 5.61. The van der Waals surface area contributed by atoms with Crippen molar-refractivity contribution in [2.45, 2.75) is 25.4 Å². The van der Waals surface area contributed by atoms with Gasteiger partial charge in [-0.1, -0.05) is 0 Å². The minimum Gasteiger partial charge on any atom is -0.371 e. The molecule has 3 heterocycles. The Kier molecular flexibility index (Phi) is 5.18. The van der Waals surface area contributed by atoms with Crippen LogP contribution >= 0.6 is 0 Å². The van der Waals surface area contributed by atoms with Gasteiger partial charge in [-0.3, -0.25) is 19.3 Å². The molecule has 0 bridgehead atoms. The molecule has 2 saturated heterocycles. The topological polar surface area (TPSA) is 53.8 Å². The number of carbonyl (C=O) groups excluding carboxylic acids is 1. The summed E-state index contributed by atoms with van der Waals surface area (Å²) in [5.74, 6) is 0.545. The Morgan fingerprint density at radius 2 is 2.12 bits per heavy atom. The Bertz CT molecular complexity index is 621. The van der Waals surface area contributed by atoms with E-state index in [1.807, 2.05) is 18.7 Å². The zero-order chi connectivity index (χ0) is 18.2. The van der Waals surface area contributed by atoms with Crippen LogP contribution in [0.25, 0.3) is 0 Å². The Balaban J connectivity index is 1.45. The smallest absolute Gasteiger partial charge is 0.248 e. The van der Waals surface area contributed by atoms with Crippen LogP contribution in [0.2, 0.25) is 0 Å². The van der Waals surface area contributed by atoms with Gasteiger partial charge >= 0.3 is 0 Å². The molecule has 1 aromatic rings. The van der Waals surface area contributed by atoms with Crippen molar-refractivity contribution in [1.29, 1.82) is 0 Å². The number of hydrogen-bond donors (Lipinski definition) is 0. The first-order valence-corrected chi connectivity index (χ1v) is 9.00. The lowest BCUT2D eigenvalue weighted by atomic mass is 9.84. The monoisotopic (exact) mass is 349 g/mol. The van der Waals surface area contributed by atoms with E-state index >= 15 is 0 Å². The minimum atomic E-state index is 0.0300. The molecule has 7 nitrogen and oxygen atoms in total. The van der Waals surface area contributed by atoms with Gasteiger partial charge in [-0.15, -0.1) is 0 Å². The van der Waals surface area contributed by atoms with Gasteiger partial charge in [0, 0.05) is 52.9 Å². The number of carbonyl (C=O) groups is 1. The normalized spacial score (nSPS) is 23.2. The van der Waals surface area contributed by atoms with Crippen molar-refractivity contribution in [2.75, 3.05) is 54.0 Å². The molecule has 1 aromatic heterocycles. The van der Waals surface area contributed by atoms with Gasteiger partial charge in [-0.25, -0.2) is 0 Å². The molecule has 2 aliphatic rings. The first-order valence-electron chi connectivity index (χ1n) is 9.00. The standard InChI is InChI=1S/C18H31N5O2/c1-14-6-16(22(5)19-14)9-23-12-18(13-23)7-15(8-21(18)4)10-25-11-17(24)20(2)3/h6,15H,7-13H2,1-5H3/t15-/m1/s1. The van der Waals surface area contributed by atoms with Crippen molar-refractivity contribution < 1.29 is 9.53 Å². The van der Waals surface area contributed by atoms with Crippen LogP contribution in [0.3, 0.4) is 0 Å². The number of rotatable bonds is 6. The molecule has 25 heavy (non-hydrogen) atoms. The van der Waals surface area contributed by atoms with Crippen LogP contribution in [0.15, 0.2) is 6.07 Å². The molecule has 1 amide bonds. The van der Waals surface area contributed by atoms with Crippen LogP contribution in [0.1, 0.15) is 17.8 Å². The van der Waals surface area contributed by atoms with Crippen LogP contribution in [-0.2, 0) is 23.1 Å². The van der Waals surface area contributed by atoms with Gasteiger partial charge in [0.1, 0.15) is 6.61 Å². The first kappa shape index (κ1) is 18.4. The predicted molar refractivity (Wildman–Crippen MR) is 96.2 cm³/mol. The highest BCUT2D eigenvalue weighted by atomic mass is 16.5. The highest BCUT2D eigenvalue weighted by Gasteiger charge is 2.51. The average molecular weight is 349 g/mol. The lowest BCUT2D eigenvalue weighted by Crippen LogP contribution is -2.66. The minimum absolute atomic E-state index is 0.0300. The molecule has 3 rings (SSSR count). The van der Waals surface area contributed by atoms with Gasteiger partial charge in [-0.2, -0.15) is 5.10 Å². The average Bonchev–Trinajstić information content (AvgIpc) is 2.98. The summed E-state index contributed by atoms with van der Waals surface area (Å²) in [4.78, 5) is 18.2. The summed E-state index contributed by atoms with van der Waals surface area (Å²) in [6.45, 7) is 7.11. The number of aromatic nitrogens is 2. The molecule has 0 aliphatic carbocycles. The van der Waals surface area contributed by atoms with E-state index in [2.05, 4.69) is 28.0 Å². The Labute approximate surface area is 150 Å². The number of nitrogens with zero attached hydrogens (tertiary/aromatic N) is 5. The number of likely N-dealkylation sites (tertiary alicyclic amines) is 2. The Morgan fingerprint density at radius 1 is 1.40 bits per heavy atom. The quantitative estimate of drug-likeness (QED) is 0.741. The number of aryl methyl sites for hydroxylation is 2. The SMILES string of the molecule is Cc1cc(CN2CC3(C[C@@H](COCC(=O)N(C)C)CN3C)C2)n(C)n1. The van der Waals surface area contributed by atoms with E-state index in [4.69, 9.17) is 4.74 Å². The van der Waals surface area contributed by atoms with E-state index in [0.29, 0.717) is 12.5 Å². The van der Waals surface area contributed by atoms with Crippen molar-refractivity contribution in [3.8, 4) is 0 Å². The fourth-order valence-electron chi connectivity index (χ4n) is 4.20. The summed E-state index contributed by atoms with van der Waals surface area (Å²) in [5, 5.41) is 4.43. The molecule has 7 heteroatoms. The number of ether oxygens (including phenoxy) is 1. The molecular weight excluding hydrogens is 318 g/mol. The van der Waals surface area contributed by atoms with Crippen LogP contribution in [0, 0.1) is 12.8 Å². The van der Waals surface area contributed by atoms with E-state index < -0.39 is 0 Å². The molecule has 0 aromatic carbocycles. The summed E-state index contributed by atoms with van der Waals surface area (Å²) in [6.07, 6.45) is 1.15. The Hall–Kier alpha value is -1.44. The van der Waals surface area contributed by atoms with E-state index in [-0.39, 0.29) is 18.1 Å². The third-order valence-corrected chi connectivity index (χ3v) is 5.61. The molecular formula is C18H31N5O2. The Morgan fingerprint density at radius 3 is 2.72 bits per heavy atom. The fraction of sp³-hybridized carbons (Fsp3) is 0.778. The zero-order valence-corrected chi connectivity index (χ0v) is 16.2. The fourth-order valence-corrected chi connectivity index (χ4v) is 4.20. The van der Waals surface area contributed by atoms with Gasteiger partial charge in [-0.05, 0) is 32.4 Å². The van der Waals surface area contributed by atoms with Crippen molar-refractivity contribution >= 4 is 5.91 Å². The number of likely N-dealkylation sites (N-methyl/N-ethyl adjacent to an activating group) is 2. The number of hydrogen-bond acceptors (Lipinski definition) is 5. The number of amides is 1. The van der Waals surface area contributed by atoms with Crippen LogP contribution in [-0.4, -0.2) is 89.9 Å². The summed E-state index contributed by atoms with van der Waals surface area (Å²) in [7, 11) is 7.76. The lowest BCUT2D eigenvalue weighted by Gasteiger charge is -2.52. The molecule has 1 atom stereocenters. The van der Waals surface area contributed by atoms with Crippen molar-refractivity contribution in [3.63, 3.8) is 0 Å². The summed E-state index contributed by atoms with van der Waals surface area (Å²) >= 11 is 0. The summed E-state index contributed by atoms with van der Waals surface area (Å²) < 4.78 is 7.63. The summed E-state index contributed by atoms with van der Waals surface area (Å²) in [5.41, 5.74) is 2.64. The van der Waals surface area contributed by atoms with Crippen molar-refractivity contribution in [2.24, 2.45) is 13.0 Å². The third kappa shape index (κ3) is 3.88. The van der Waals surface area contributed by atoms with Crippen molar-refractivity contribution in [1.82, 2.24) is 24.5 Å². The molecule has 1 spiro atoms. The lowest BCUT2D eigenvalue weighted by molar-refractivity contribution is -0.134. The maximum atomic E-state index is 11.6. The van der Waals surface area contributed by atoms with Crippen molar-refractivity contribution in [3.05, 3.63) is 17.5 Å². The van der Waals surface area contributed by atoms with Gasteiger partial charge in [0.15, 0.2) is 0 Å². The highest BCUT2D eigenvalue weighted by Crippen LogP contribution is 2.40. The van der Waals surface area contributed by atoms with E-state index in [0.717, 1.165) is 38.3 Å². The highest BCUT2D eigenvalue weighted by molar-refractivity contribution is 5.76. The van der Waals surface area contributed by atoms with Crippen LogP contribution < -0.4 is 0 Å². The molecule has 0 saturated carbocycles. The first-order chi connectivity index (χ1) is 11.8. The molecule has 2 aliphatic heterocycles. The van der Waals surface area contributed by atoms with Gasteiger partial charge in [0.25, 0.3) is 0 Å². The van der Waals surface area contributed by atoms with Crippen LogP contribution in [0.4, 0.5) is 0 Å². The predicted octanol–water partition coefficient (Wildman–Crippen LogP) is 0.339. The maximum absolute atomic E-state index is 11.6. The largest absolute Gasteiger partial charge is 0.371 e. The van der Waals surface area contributed by atoms with Gasteiger partial charge in [0.2, 0.25) is 5.91 Å². The van der Waals surface area contributed by atoms with E-state index in [1.54, 1.807) is 19.0 Å². The van der Waals surface area contributed by atoms with Gasteiger partial charge in [0.05, 0.1) is 18.0 Å². The van der Waals surface area contributed by atoms with Gasteiger partial charge < -0.3 is 9.64 Å². The van der Waals surface area contributed by atoms with E-state index in [1.165, 1.54) is 5.69 Å². The van der Waals surface area contributed by atoms with E-state index in [9.17, 15) is 4.79 Å². The summed E-state index contributed by atoms with van der Waals surface area (Å²) in [6, 6.07) is 2.17. The second kappa shape index (κ2) is 7.05. The maximum Gasteiger partial charge on any atom is 0.248 e. The zero-order valence-electron chi connectivity index (χ0n) is 16.2. The van der Waals surface area contributed by atoms with Crippen LogP contribution in [0.5, 0.6) is 0 Å². The molecule has 0 N–H and O–H groups in total.